The molecule has 31 heavy (non-hydrogen) atoms. The van der Waals surface area contributed by atoms with E-state index in [1.54, 1.807) is 29.2 Å². The highest BCUT2D eigenvalue weighted by molar-refractivity contribution is 9.10. The number of amides is 1. The molecule has 2 aliphatic heterocycles. The van der Waals surface area contributed by atoms with Crippen molar-refractivity contribution >= 4 is 39.1 Å². The van der Waals surface area contributed by atoms with Crippen LogP contribution in [0.1, 0.15) is 30.0 Å². The predicted octanol–water partition coefficient (Wildman–Crippen LogP) is 4.12. The smallest absolute Gasteiger partial charge is 0.295 e. The van der Waals surface area contributed by atoms with Gasteiger partial charge in [0.05, 0.1) is 17.7 Å². The summed E-state index contributed by atoms with van der Waals surface area (Å²) in [6, 6.07) is 14.1. The molecule has 1 N–H and O–H groups in total. The van der Waals surface area contributed by atoms with Gasteiger partial charge in [-0.25, -0.2) is 0 Å². The highest BCUT2D eigenvalue weighted by Gasteiger charge is 2.47. The second-order valence-electron chi connectivity index (χ2n) is 8.08. The number of likely N-dealkylation sites (tertiary alicyclic amines) is 1. The van der Waals surface area contributed by atoms with Crippen molar-refractivity contribution < 1.29 is 19.4 Å². The van der Waals surface area contributed by atoms with Gasteiger partial charge in [0.15, 0.2) is 0 Å². The first kappa shape index (κ1) is 21.6. The van der Waals surface area contributed by atoms with E-state index in [0.29, 0.717) is 18.7 Å². The average molecular weight is 485 g/mol. The summed E-state index contributed by atoms with van der Waals surface area (Å²) in [5, 5.41) is 11.1. The summed E-state index contributed by atoms with van der Waals surface area (Å²) in [4.78, 5) is 29.6. The number of hydrogen-bond donors (Lipinski definition) is 1. The molecule has 1 amide bonds. The Morgan fingerprint density at radius 2 is 1.81 bits per heavy atom. The maximum absolute atomic E-state index is 13.1. The van der Waals surface area contributed by atoms with E-state index < -0.39 is 17.7 Å². The van der Waals surface area contributed by atoms with Gasteiger partial charge in [0.2, 0.25) is 0 Å². The molecule has 2 aliphatic rings. The third kappa shape index (κ3) is 4.25. The lowest BCUT2D eigenvalue weighted by Gasteiger charge is -2.28. The van der Waals surface area contributed by atoms with Gasteiger partial charge in [-0.2, -0.15) is 0 Å². The maximum atomic E-state index is 13.1. The van der Waals surface area contributed by atoms with Crippen LogP contribution in [0, 0.1) is 0 Å². The maximum Gasteiger partial charge on any atom is 0.295 e. The molecule has 2 aromatic rings. The summed E-state index contributed by atoms with van der Waals surface area (Å²) in [6.07, 6.45) is 1.69. The van der Waals surface area contributed by atoms with Crippen molar-refractivity contribution in [1.82, 2.24) is 4.90 Å². The second kappa shape index (κ2) is 8.85. The lowest BCUT2D eigenvalue weighted by molar-refractivity contribution is -0.140. The van der Waals surface area contributed by atoms with E-state index in [1.165, 1.54) is 0 Å². The van der Waals surface area contributed by atoms with E-state index in [-0.39, 0.29) is 17.4 Å². The third-order valence-corrected chi connectivity index (χ3v) is 6.34. The minimum Gasteiger partial charge on any atom is -0.507 e. The molecule has 0 unspecified atom stereocenters. The number of ketones is 1. The molecule has 6 nitrogen and oxygen atoms in total. The first-order valence-electron chi connectivity index (χ1n) is 10.3. The zero-order valence-electron chi connectivity index (χ0n) is 17.5. The molecule has 2 saturated heterocycles. The van der Waals surface area contributed by atoms with Crippen molar-refractivity contribution in [3.63, 3.8) is 0 Å². The molecule has 0 saturated carbocycles. The van der Waals surface area contributed by atoms with Crippen LogP contribution in [0.2, 0.25) is 0 Å². The number of aliphatic hydroxyl groups excluding tert-OH is 1. The molecular formula is C24H25BrN2O4. The lowest BCUT2D eigenvalue weighted by Crippen LogP contribution is -2.36. The Hall–Kier alpha value is -2.64. The van der Waals surface area contributed by atoms with E-state index >= 15 is 0 Å². The molecule has 0 spiro atoms. The molecule has 7 heteroatoms. The third-order valence-electron chi connectivity index (χ3n) is 5.81. The van der Waals surface area contributed by atoms with Gasteiger partial charge in [0, 0.05) is 43.0 Å². The number of carbonyl (C=O) groups is 2. The Balaban J connectivity index is 1.80. The van der Waals surface area contributed by atoms with E-state index in [1.807, 2.05) is 43.3 Å². The quantitative estimate of drug-likeness (QED) is 0.392. The number of benzene rings is 2. The predicted molar refractivity (Wildman–Crippen MR) is 123 cm³/mol. The number of aliphatic hydroxyl groups is 1. The summed E-state index contributed by atoms with van der Waals surface area (Å²) < 4.78 is 6.59. The number of hydrogen-bond acceptors (Lipinski definition) is 5. The van der Waals surface area contributed by atoms with Crippen molar-refractivity contribution in [2.24, 2.45) is 0 Å². The zero-order valence-corrected chi connectivity index (χ0v) is 19.1. The summed E-state index contributed by atoms with van der Waals surface area (Å²) in [5.41, 5.74) is 2.39. The van der Waals surface area contributed by atoms with Crippen molar-refractivity contribution in [1.29, 1.82) is 0 Å². The lowest BCUT2D eigenvalue weighted by atomic mass is 9.95. The fourth-order valence-corrected chi connectivity index (χ4v) is 4.40. The van der Waals surface area contributed by atoms with Crippen molar-refractivity contribution in [2.75, 3.05) is 32.1 Å². The topological polar surface area (TPSA) is 70.1 Å². The number of nitrogens with zero attached hydrogens (tertiary/aromatic N) is 2. The van der Waals surface area contributed by atoms with Gasteiger partial charge in [0.1, 0.15) is 5.76 Å². The summed E-state index contributed by atoms with van der Waals surface area (Å²) in [6.45, 7) is 0.984. The molecule has 2 aromatic carbocycles. The molecular weight excluding hydrogens is 460 g/mol. The van der Waals surface area contributed by atoms with Crippen molar-refractivity contribution in [3.05, 3.63) is 69.7 Å². The van der Waals surface area contributed by atoms with Crippen LogP contribution in [0.5, 0.6) is 0 Å². The SMILES string of the molecule is CN(C)c1ccc([C@H]2C(=C(O)c3ccc(Br)cc3)C(=O)C(=O)N2C[C@H]2CCCO2)cc1. The van der Waals surface area contributed by atoms with Gasteiger partial charge in [0.25, 0.3) is 11.7 Å². The summed E-state index contributed by atoms with van der Waals surface area (Å²) in [7, 11) is 3.90. The first-order valence-corrected chi connectivity index (χ1v) is 11.1. The van der Waals surface area contributed by atoms with Crippen LogP contribution < -0.4 is 4.90 Å². The Bertz CT molecular complexity index is 1010. The number of Topliss-reactive ketones (excluding diaryl/α,β-unsaturated/α-hetero) is 1. The molecule has 2 heterocycles. The monoisotopic (exact) mass is 484 g/mol. The van der Waals surface area contributed by atoms with Crippen LogP contribution in [-0.4, -0.2) is 55.0 Å². The number of rotatable bonds is 5. The van der Waals surface area contributed by atoms with Crippen LogP contribution in [0.15, 0.2) is 58.6 Å². The molecule has 2 fully saturated rings. The standard InChI is InChI=1S/C24H25BrN2O4/c1-26(2)18-11-7-15(8-12-18)21-20(22(28)16-5-9-17(25)10-6-16)23(29)24(30)27(21)14-19-4-3-13-31-19/h5-12,19,21,28H,3-4,13-14H2,1-2H3/t19-,21+/m1/s1. The van der Waals surface area contributed by atoms with E-state index in [0.717, 1.165) is 28.6 Å². The van der Waals surface area contributed by atoms with E-state index in [9.17, 15) is 14.7 Å². The van der Waals surface area contributed by atoms with Gasteiger partial charge < -0.3 is 19.6 Å². The van der Waals surface area contributed by atoms with Crippen LogP contribution in [0.3, 0.4) is 0 Å². The summed E-state index contributed by atoms with van der Waals surface area (Å²) >= 11 is 3.38. The summed E-state index contributed by atoms with van der Waals surface area (Å²) in [5.74, 6) is -1.43. The van der Waals surface area contributed by atoms with Crippen LogP contribution in [0.25, 0.3) is 5.76 Å². The minimum atomic E-state index is -0.667. The van der Waals surface area contributed by atoms with Gasteiger partial charge >= 0.3 is 0 Å². The molecule has 4 rings (SSSR count). The molecule has 2 atom stereocenters. The Kier molecular flexibility index (Phi) is 6.16. The average Bonchev–Trinajstić information content (AvgIpc) is 3.36. The van der Waals surface area contributed by atoms with Gasteiger partial charge in [-0.15, -0.1) is 0 Å². The van der Waals surface area contributed by atoms with E-state index in [2.05, 4.69) is 15.9 Å². The fourth-order valence-electron chi connectivity index (χ4n) is 4.14. The highest BCUT2D eigenvalue weighted by Crippen LogP contribution is 2.40. The number of anilines is 1. The fraction of sp³-hybridized carbons (Fsp3) is 0.333. The van der Waals surface area contributed by atoms with Crippen LogP contribution in [0.4, 0.5) is 5.69 Å². The minimum absolute atomic E-state index is 0.102. The van der Waals surface area contributed by atoms with Gasteiger partial charge in [-0.3, -0.25) is 9.59 Å². The second-order valence-corrected chi connectivity index (χ2v) is 9.00. The van der Waals surface area contributed by atoms with Crippen molar-refractivity contribution in [3.8, 4) is 0 Å². The highest BCUT2D eigenvalue weighted by atomic mass is 79.9. The van der Waals surface area contributed by atoms with Gasteiger partial charge in [-0.1, -0.05) is 40.2 Å². The number of halogens is 1. The van der Waals surface area contributed by atoms with Gasteiger partial charge in [-0.05, 0) is 42.7 Å². The molecule has 0 aliphatic carbocycles. The number of carbonyl (C=O) groups excluding carboxylic acids is 2. The Labute approximate surface area is 190 Å². The largest absolute Gasteiger partial charge is 0.507 e. The van der Waals surface area contributed by atoms with E-state index in [4.69, 9.17) is 4.74 Å². The Morgan fingerprint density at radius 1 is 1.13 bits per heavy atom. The van der Waals surface area contributed by atoms with Crippen molar-refractivity contribution in [2.45, 2.75) is 25.0 Å². The van der Waals surface area contributed by atoms with Crippen LogP contribution >= 0.6 is 15.9 Å². The number of ether oxygens (including phenoxy) is 1. The molecule has 0 aromatic heterocycles. The first-order chi connectivity index (χ1) is 14.9. The molecule has 0 radical (unpaired) electrons. The zero-order chi connectivity index (χ0) is 22.1. The normalized spacial score (nSPS) is 22.9. The van der Waals surface area contributed by atoms with Crippen LogP contribution in [-0.2, 0) is 14.3 Å². The molecule has 162 valence electrons. The Morgan fingerprint density at radius 3 is 2.39 bits per heavy atom. The molecule has 0 bridgehead atoms.